The predicted octanol–water partition coefficient (Wildman–Crippen LogP) is 5.21. The van der Waals surface area contributed by atoms with Gasteiger partial charge in [0.1, 0.15) is 0 Å². The zero-order chi connectivity index (χ0) is 29.2. The molecule has 0 fully saturated rings. The van der Waals surface area contributed by atoms with Crippen LogP contribution in [0.15, 0.2) is 0 Å². The van der Waals surface area contributed by atoms with E-state index in [0.29, 0.717) is 0 Å². The summed E-state index contributed by atoms with van der Waals surface area (Å²) in [5, 5.41) is 15.4. The van der Waals surface area contributed by atoms with E-state index in [1.54, 1.807) is 0 Å². The highest BCUT2D eigenvalue weighted by Crippen LogP contribution is 2.65. The van der Waals surface area contributed by atoms with E-state index in [2.05, 4.69) is 0 Å². The van der Waals surface area contributed by atoms with Crippen molar-refractivity contribution >= 4 is 11.9 Å². The van der Waals surface area contributed by atoms with Gasteiger partial charge in [-0.25, -0.2) is 14.0 Å². The first-order valence-electron chi connectivity index (χ1n) is 7.30. The minimum absolute atomic E-state index is 3.88. The van der Waals surface area contributed by atoms with Gasteiger partial charge < -0.3 is 10.2 Å². The van der Waals surface area contributed by atoms with Gasteiger partial charge in [-0.2, -0.15) is 79.0 Å². The molecule has 208 valence electrons. The second-order valence-corrected chi connectivity index (χ2v) is 6.22. The van der Waals surface area contributed by atoms with E-state index < -0.39 is 71.4 Å². The summed E-state index contributed by atoms with van der Waals surface area (Å²) < 4.78 is 250. The van der Waals surface area contributed by atoms with E-state index in [9.17, 15) is 93.0 Å². The van der Waals surface area contributed by atoms with Crippen LogP contribution in [0.25, 0.3) is 0 Å². The summed E-state index contributed by atoms with van der Waals surface area (Å²) in [6.45, 7) is 0. The van der Waals surface area contributed by atoms with Crippen molar-refractivity contribution in [1.82, 2.24) is 0 Å². The molecule has 0 heterocycles. The number of halogens is 19. The van der Waals surface area contributed by atoms with E-state index in [1.165, 1.54) is 0 Å². The summed E-state index contributed by atoms with van der Waals surface area (Å²) in [6, 6.07) is 0. The summed E-state index contributed by atoms with van der Waals surface area (Å²) >= 11 is 0. The molecule has 0 amide bonds. The SMILES string of the molecule is O=C(O)C(F)C(F)(F)C(F)(F)C(F)(F)C(F)(F)C(F)(F)C(F)(F)C(F)(F)C(F)(F)C(F)(F)C(=O)O. The summed E-state index contributed by atoms with van der Waals surface area (Å²) in [5.41, 5.74) is 0. The van der Waals surface area contributed by atoms with Crippen molar-refractivity contribution in [3.05, 3.63) is 0 Å². The number of carboxylic acids is 2. The summed E-state index contributed by atoms with van der Waals surface area (Å²) in [7, 11) is 0. The van der Waals surface area contributed by atoms with Crippen molar-refractivity contribution < 1.29 is 103 Å². The van der Waals surface area contributed by atoms with Crippen LogP contribution in [-0.2, 0) is 9.59 Å². The van der Waals surface area contributed by atoms with E-state index in [4.69, 9.17) is 10.2 Å². The number of hydrogen-bond acceptors (Lipinski definition) is 2. The lowest BCUT2D eigenvalue weighted by atomic mass is 9.85. The maximum atomic E-state index is 13.4. The van der Waals surface area contributed by atoms with Crippen LogP contribution in [0, 0.1) is 0 Å². The number of carbonyl (C=O) groups is 2. The molecule has 0 aromatic heterocycles. The smallest absolute Gasteiger partial charge is 0.410 e. The Kier molecular flexibility index (Phi) is 7.51. The molecule has 0 aliphatic heterocycles. The first kappa shape index (κ1) is 32.6. The van der Waals surface area contributed by atoms with Crippen molar-refractivity contribution in [2.75, 3.05) is 0 Å². The van der Waals surface area contributed by atoms with Crippen molar-refractivity contribution in [3.8, 4) is 0 Å². The average Bonchev–Trinajstić information content (AvgIpc) is 2.65. The van der Waals surface area contributed by atoms with Gasteiger partial charge in [0.05, 0.1) is 0 Å². The molecular weight excluding hydrogens is 569 g/mol. The van der Waals surface area contributed by atoms with Gasteiger partial charge in [-0.1, -0.05) is 0 Å². The Hall–Kier alpha value is -2.39. The zero-order valence-corrected chi connectivity index (χ0v) is 15.0. The second-order valence-electron chi connectivity index (χ2n) is 6.22. The standard InChI is InChI=1S/C12H3F19O4/c13-1(2(32)33)4(14,15)6(18,19)8(22,23)10(26,27)12(30,31)11(28,29)9(24,25)7(20,21)5(16,17)3(34)35/h1H,(H,32,33)(H,34,35). The Morgan fingerprint density at radius 3 is 0.914 bits per heavy atom. The Bertz CT molecular complexity index is 847. The fourth-order valence-electron chi connectivity index (χ4n) is 1.84. The van der Waals surface area contributed by atoms with E-state index in [0.717, 1.165) is 0 Å². The highest BCUT2D eigenvalue weighted by Gasteiger charge is 2.97. The lowest BCUT2D eigenvalue weighted by molar-refractivity contribution is -0.461. The first-order valence-corrected chi connectivity index (χ1v) is 7.30. The van der Waals surface area contributed by atoms with Crippen molar-refractivity contribution in [2.24, 2.45) is 0 Å². The minimum atomic E-state index is -9.18. The van der Waals surface area contributed by atoms with E-state index >= 15 is 0 Å². The van der Waals surface area contributed by atoms with Gasteiger partial charge in [0.2, 0.25) is 0 Å². The summed E-state index contributed by atoms with van der Waals surface area (Å²) in [5.74, 6) is -85.8. The van der Waals surface area contributed by atoms with Gasteiger partial charge in [-0.05, 0) is 0 Å². The normalized spacial score (nSPS) is 16.8. The maximum Gasteiger partial charge on any atom is 0.410 e. The molecule has 0 saturated heterocycles. The zero-order valence-electron chi connectivity index (χ0n) is 15.0. The third-order valence-corrected chi connectivity index (χ3v) is 3.98. The third kappa shape index (κ3) is 3.78. The molecule has 0 aliphatic carbocycles. The molecule has 0 saturated carbocycles. The van der Waals surface area contributed by atoms with Crippen LogP contribution in [0.4, 0.5) is 83.4 Å². The molecule has 0 radical (unpaired) electrons. The molecule has 0 bridgehead atoms. The molecule has 35 heavy (non-hydrogen) atoms. The molecular formula is C12H3F19O4. The Morgan fingerprint density at radius 2 is 0.686 bits per heavy atom. The van der Waals surface area contributed by atoms with Crippen molar-refractivity contribution in [1.29, 1.82) is 0 Å². The number of rotatable bonds is 11. The van der Waals surface area contributed by atoms with Gasteiger partial charge in [0, 0.05) is 0 Å². The summed E-state index contributed by atoms with van der Waals surface area (Å²) in [4.78, 5) is 19.8. The molecule has 0 rings (SSSR count). The van der Waals surface area contributed by atoms with Crippen LogP contribution in [0.5, 0.6) is 0 Å². The maximum absolute atomic E-state index is 13.4. The van der Waals surface area contributed by atoms with Gasteiger partial charge in [-0.15, -0.1) is 0 Å². The molecule has 1 atom stereocenters. The molecule has 4 nitrogen and oxygen atoms in total. The Balaban J connectivity index is 7.10. The van der Waals surface area contributed by atoms with Crippen LogP contribution < -0.4 is 0 Å². The third-order valence-electron chi connectivity index (χ3n) is 3.98. The first-order chi connectivity index (χ1) is 14.8. The number of aliphatic carboxylic acids is 2. The molecule has 23 heteroatoms. The monoisotopic (exact) mass is 572 g/mol. The van der Waals surface area contributed by atoms with Crippen LogP contribution in [0.1, 0.15) is 0 Å². The minimum Gasteiger partial charge on any atom is -0.479 e. The number of alkyl halides is 19. The quantitative estimate of drug-likeness (QED) is 0.334. The largest absolute Gasteiger partial charge is 0.479 e. The highest BCUT2D eigenvalue weighted by molar-refractivity contribution is 5.77. The summed E-state index contributed by atoms with van der Waals surface area (Å²) in [6.07, 6.45) is -5.70. The fourth-order valence-corrected chi connectivity index (χ4v) is 1.84. The fraction of sp³-hybridized carbons (Fsp3) is 0.833. The Morgan fingerprint density at radius 1 is 0.457 bits per heavy atom. The van der Waals surface area contributed by atoms with E-state index in [1.807, 2.05) is 0 Å². The highest BCUT2D eigenvalue weighted by atomic mass is 19.4. The van der Waals surface area contributed by atoms with Crippen molar-refractivity contribution in [3.63, 3.8) is 0 Å². The molecule has 0 aliphatic rings. The van der Waals surface area contributed by atoms with Crippen LogP contribution in [0.2, 0.25) is 0 Å². The van der Waals surface area contributed by atoms with E-state index in [-0.39, 0.29) is 0 Å². The predicted molar refractivity (Wildman–Crippen MR) is 64.7 cm³/mol. The Labute approximate surface area is 176 Å². The number of carboxylic acid groups (broad SMARTS) is 2. The molecule has 0 spiro atoms. The molecule has 0 aromatic carbocycles. The topological polar surface area (TPSA) is 74.6 Å². The number of hydrogen-bond donors (Lipinski definition) is 2. The van der Waals surface area contributed by atoms with Crippen LogP contribution in [-0.4, -0.2) is 81.6 Å². The average molecular weight is 572 g/mol. The molecule has 0 aromatic rings. The lowest BCUT2D eigenvalue weighted by Crippen LogP contribution is -2.77. The molecule has 2 N–H and O–H groups in total. The second kappa shape index (κ2) is 8.06. The lowest BCUT2D eigenvalue weighted by Gasteiger charge is -2.44. The van der Waals surface area contributed by atoms with Crippen molar-refractivity contribution in [2.45, 2.75) is 59.5 Å². The van der Waals surface area contributed by atoms with Gasteiger partial charge in [-0.3, -0.25) is 0 Å². The van der Waals surface area contributed by atoms with Gasteiger partial charge in [0.25, 0.3) is 6.17 Å². The molecule has 1 unspecified atom stereocenters. The van der Waals surface area contributed by atoms with Gasteiger partial charge >= 0.3 is 65.2 Å². The van der Waals surface area contributed by atoms with Gasteiger partial charge in [0.15, 0.2) is 0 Å². The van der Waals surface area contributed by atoms with Crippen LogP contribution in [0.3, 0.4) is 0 Å². The van der Waals surface area contributed by atoms with Crippen LogP contribution >= 0.6 is 0 Å².